The maximum Gasteiger partial charge on any atom is 0.104 e. The molecule has 0 saturated heterocycles. The highest BCUT2D eigenvalue weighted by Crippen LogP contribution is 2.11. The first-order valence-electron chi connectivity index (χ1n) is 5.24. The van der Waals surface area contributed by atoms with E-state index >= 15 is 0 Å². The Morgan fingerprint density at radius 1 is 0.722 bits per heavy atom. The maximum atomic E-state index is 4.09. The molecule has 6 heteroatoms. The number of nitrogens with zero attached hydrogens (tertiary/aromatic N) is 4. The van der Waals surface area contributed by atoms with Gasteiger partial charge in [0.05, 0.1) is 22.8 Å². The van der Waals surface area contributed by atoms with Crippen molar-refractivity contribution in [2.24, 2.45) is 0 Å². The number of fused-ring (bicyclic) bond motifs is 2. The fourth-order valence-electron chi connectivity index (χ4n) is 1.43. The van der Waals surface area contributed by atoms with Crippen LogP contribution in [0.1, 0.15) is 0 Å². The Kier molecular flexibility index (Phi) is 3.20. The summed E-state index contributed by atoms with van der Waals surface area (Å²) in [6.45, 7) is 0. The van der Waals surface area contributed by atoms with Crippen LogP contribution in [0.25, 0.3) is 22.1 Å². The molecule has 0 aliphatic carbocycles. The van der Waals surface area contributed by atoms with E-state index in [0.29, 0.717) is 0 Å². The molecular weight excluding hydrogens is 264 g/mol. The van der Waals surface area contributed by atoms with E-state index in [2.05, 4.69) is 18.7 Å². The standard InChI is InChI=1S/2C6H4N2S/c1-2-8-6-4-9-3-5(6)7-1;1-2-4-6-5(3-1)7-9-8-6/h2*1-4H. The Morgan fingerprint density at radius 2 is 1.28 bits per heavy atom. The normalized spacial score (nSPS) is 10.2. The van der Waals surface area contributed by atoms with Gasteiger partial charge in [0.2, 0.25) is 0 Å². The quantitative estimate of drug-likeness (QED) is 0.492. The summed E-state index contributed by atoms with van der Waals surface area (Å²) >= 11 is 2.88. The van der Waals surface area contributed by atoms with Crippen molar-refractivity contribution in [1.82, 2.24) is 18.7 Å². The van der Waals surface area contributed by atoms with Crippen molar-refractivity contribution in [3.8, 4) is 0 Å². The van der Waals surface area contributed by atoms with E-state index in [-0.39, 0.29) is 0 Å². The zero-order chi connectivity index (χ0) is 12.2. The summed E-state index contributed by atoms with van der Waals surface area (Å²) in [5.41, 5.74) is 3.95. The van der Waals surface area contributed by atoms with Crippen molar-refractivity contribution in [2.75, 3.05) is 0 Å². The zero-order valence-electron chi connectivity index (χ0n) is 9.22. The molecule has 4 rings (SSSR count). The average molecular weight is 272 g/mol. The predicted octanol–water partition coefficient (Wildman–Crippen LogP) is 3.38. The Bertz CT molecular complexity index is 636. The van der Waals surface area contributed by atoms with Crippen LogP contribution in [0.4, 0.5) is 0 Å². The second-order valence-electron chi connectivity index (χ2n) is 3.45. The molecule has 0 aliphatic rings. The number of benzene rings is 1. The Labute approximate surface area is 111 Å². The maximum absolute atomic E-state index is 4.09. The predicted molar refractivity (Wildman–Crippen MR) is 74.8 cm³/mol. The van der Waals surface area contributed by atoms with E-state index in [9.17, 15) is 0 Å². The van der Waals surface area contributed by atoms with Gasteiger partial charge in [-0.3, -0.25) is 9.97 Å². The molecule has 3 heterocycles. The molecule has 0 unspecified atom stereocenters. The minimum atomic E-state index is 0.988. The lowest BCUT2D eigenvalue weighted by atomic mass is 10.3. The van der Waals surface area contributed by atoms with Gasteiger partial charge in [0.25, 0.3) is 0 Å². The second kappa shape index (κ2) is 5.16. The van der Waals surface area contributed by atoms with Gasteiger partial charge < -0.3 is 0 Å². The van der Waals surface area contributed by atoms with E-state index in [0.717, 1.165) is 22.1 Å². The van der Waals surface area contributed by atoms with Crippen molar-refractivity contribution < 1.29 is 0 Å². The van der Waals surface area contributed by atoms with Gasteiger partial charge in [-0.15, -0.1) is 11.3 Å². The topological polar surface area (TPSA) is 51.6 Å². The van der Waals surface area contributed by atoms with Crippen LogP contribution >= 0.6 is 23.1 Å². The van der Waals surface area contributed by atoms with Crippen LogP contribution in [0.5, 0.6) is 0 Å². The van der Waals surface area contributed by atoms with Crippen LogP contribution in [0, 0.1) is 0 Å². The highest BCUT2D eigenvalue weighted by molar-refractivity contribution is 7.09. The summed E-state index contributed by atoms with van der Waals surface area (Å²) in [6.07, 6.45) is 3.41. The molecule has 18 heavy (non-hydrogen) atoms. The lowest BCUT2D eigenvalue weighted by molar-refractivity contribution is 1.31. The van der Waals surface area contributed by atoms with Crippen molar-refractivity contribution in [3.05, 3.63) is 47.4 Å². The highest BCUT2D eigenvalue weighted by Gasteiger charge is 1.92. The van der Waals surface area contributed by atoms with Crippen molar-refractivity contribution >= 4 is 45.1 Å². The van der Waals surface area contributed by atoms with Gasteiger partial charge in [-0.1, -0.05) is 12.1 Å². The molecule has 0 fully saturated rings. The summed E-state index contributed by atoms with van der Waals surface area (Å²) in [5.74, 6) is 0. The van der Waals surface area contributed by atoms with Crippen LogP contribution < -0.4 is 0 Å². The Balaban J connectivity index is 0.000000111. The Hall–Kier alpha value is -1.92. The van der Waals surface area contributed by atoms with Gasteiger partial charge in [0.15, 0.2) is 0 Å². The number of hydrogen-bond acceptors (Lipinski definition) is 6. The first kappa shape index (κ1) is 11.2. The van der Waals surface area contributed by atoms with E-state index in [1.807, 2.05) is 35.0 Å². The summed E-state index contributed by atoms with van der Waals surface area (Å²) in [6, 6.07) is 7.84. The molecule has 0 saturated carbocycles. The molecule has 0 atom stereocenters. The molecule has 0 radical (unpaired) electrons. The monoisotopic (exact) mass is 272 g/mol. The molecule has 3 aromatic heterocycles. The molecular formula is C12H8N4S2. The minimum Gasteiger partial charge on any atom is -0.252 e. The van der Waals surface area contributed by atoms with E-state index in [1.54, 1.807) is 23.7 Å². The van der Waals surface area contributed by atoms with Crippen LogP contribution in [0.15, 0.2) is 47.4 Å². The fourth-order valence-corrected chi connectivity index (χ4v) is 2.65. The average Bonchev–Trinajstić information content (AvgIpc) is 3.08. The fraction of sp³-hybridized carbons (Fsp3) is 0. The van der Waals surface area contributed by atoms with Gasteiger partial charge >= 0.3 is 0 Å². The van der Waals surface area contributed by atoms with Crippen LogP contribution in [-0.2, 0) is 0 Å². The SMILES string of the molecule is c1ccc2nsnc2c1.c1cnc2cscc2n1. The number of aromatic nitrogens is 4. The number of thiophene rings is 1. The molecule has 0 amide bonds. The first-order chi connectivity index (χ1) is 8.93. The van der Waals surface area contributed by atoms with Crippen LogP contribution in [-0.4, -0.2) is 18.7 Å². The summed E-state index contributed by atoms with van der Waals surface area (Å²) in [7, 11) is 0. The lowest BCUT2D eigenvalue weighted by Gasteiger charge is -1.81. The lowest BCUT2D eigenvalue weighted by Crippen LogP contribution is -1.73. The molecule has 1 aromatic carbocycles. The third kappa shape index (κ3) is 2.34. The number of hydrogen-bond donors (Lipinski definition) is 0. The van der Waals surface area contributed by atoms with Crippen molar-refractivity contribution in [1.29, 1.82) is 0 Å². The van der Waals surface area contributed by atoms with Gasteiger partial charge in [0, 0.05) is 23.2 Å². The van der Waals surface area contributed by atoms with Gasteiger partial charge in [0.1, 0.15) is 11.0 Å². The molecule has 0 N–H and O–H groups in total. The molecule has 0 bridgehead atoms. The zero-order valence-corrected chi connectivity index (χ0v) is 10.9. The summed E-state index contributed by atoms with van der Waals surface area (Å²) < 4.78 is 8.10. The van der Waals surface area contributed by atoms with Crippen LogP contribution in [0.2, 0.25) is 0 Å². The molecule has 88 valence electrons. The summed E-state index contributed by atoms with van der Waals surface area (Å²) in [4.78, 5) is 8.18. The second-order valence-corrected chi connectivity index (χ2v) is 4.72. The van der Waals surface area contributed by atoms with E-state index in [1.165, 1.54) is 11.7 Å². The van der Waals surface area contributed by atoms with Gasteiger partial charge in [-0.2, -0.15) is 8.75 Å². The first-order valence-corrected chi connectivity index (χ1v) is 6.91. The molecule has 0 spiro atoms. The van der Waals surface area contributed by atoms with Gasteiger partial charge in [-0.25, -0.2) is 0 Å². The van der Waals surface area contributed by atoms with E-state index < -0.39 is 0 Å². The number of rotatable bonds is 0. The minimum absolute atomic E-state index is 0.988. The van der Waals surface area contributed by atoms with Crippen molar-refractivity contribution in [3.63, 3.8) is 0 Å². The van der Waals surface area contributed by atoms with Crippen LogP contribution in [0.3, 0.4) is 0 Å². The molecule has 4 aromatic rings. The third-order valence-corrected chi connectivity index (χ3v) is 3.55. The smallest absolute Gasteiger partial charge is 0.104 e. The summed E-state index contributed by atoms with van der Waals surface area (Å²) in [5, 5.41) is 3.98. The molecule has 0 aliphatic heterocycles. The third-order valence-electron chi connectivity index (χ3n) is 2.28. The molecule has 4 nitrogen and oxygen atoms in total. The van der Waals surface area contributed by atoms with Gasteiger partial charge in [-0.05, 0) is 12.1 Å². The van der Waals surface area contributed by atoms with Crippen molar-refractivity contribution in [2.45, 2.75) is 0 Å². The largest absolute Gasteiger partial charge is 0.252 e. The highest BCUT2D eigenvalue weighted by atomic mass is 32.1. The van der Waals surface area contributed by atoms with E-state index in [4.69, 9.17) is 0 Å². The Morgan fingerprint density at radius 3 is 1.83 bits per heavy atom.